The lowest BCUT2D eigenvalue weighted by Gasteiger charge is -2.32. The van der Waals surface area contributed by atoms with Crippen LogP contribution >= 0.6 is 0 Å². The Balaban J connectivity index is 1.77. The summed E-state index contributed by atoms with van der Waals surface area (Å²) in [5.41, 5.74) is 1.28. The van der Waals surface area contributed by atoms with Gasteiger partial charge in [-0.15, -0.1) is 0 Å². The van der Waals surface area contributed by atoms with E-state index in [0.717, 1.165) is 37.1 Å². The fourth-order valence-electron chi connectivity index (χ4n) is 3.12. The van der Waals surface area contributed by atoms with E-state index in [1.807, 2.05) is 18.9 Å². The first kappa shape index (κ1) is 16.5. The van der Waals surface area contributed by atoms with E-state index in [1.165, 1.54) is 6.07 Å². The van der Waals surface area contributed by atoms with Gasteiger partial charge < -0.3 is 19.3 Å². The molecular formula is C18H22N2O4. The fourth-order valence-corrected chi connectivity index (χ4v) is 3.12. The van der Waals surface area contributed by atoms with Crippen LogP contribution in [0, 0.1) is 6.92 Å². The van der Waals surface area contributed by atoms with Gasteiger partial charge in [0.15, 0.2) is 0 Å². The molecule has 0 bridgehead atoms. The largest absolute Gasteiger partial charge is 0.508 e. The number of nitrogens with zero attached hydrogens (tertiary/aromatic N) is 2. The Hall–Kier alpha value is -2.34. The lowest BCUT2D eigenvalue weighted by Crippen LogP contribution is -2.47. The average molecular weight is 330 g/mol. The highest BCUT2D eigenvalue weighted by Crippen LogP contribution is 2.24. The first-order valence-corrected chi connectivity index (χ1v) is 8.17. The minimum absolute atomic E-state index is 0.0584. The minimum atomic E-state index is -0.434. The molecule has 1 fully saturated rings. The molecule has 24 heavy (non-hydrogen) atoms. The van der Waals surface area contributed by atoms with Crippen molar-refractivity contribution in [2.75, 3.05) is 33.2 Å². The summed E-state index contributed by atoms with van der Waals surface area (Å²) in [7, 11) is 2.04. The number of carbonyl (C=O) groups is 1. The third-order valence-corrected chi connectivity index (χ3v) is 4.72. The van der Waals surface area contributed by atoms with E-state index in [4.69, 9.17) is 4.42 Å². The van der Waals surface area contributed by atoms with Crippen LogP contribution in [-0.2, 0) is 11.2 Å². The third kappa shape index (κ3) is 3.28. The van der Waals surface area contributed by atoms with E-state index < -0.39 is 5.63 Å². The topological polar surface area (TPSA) is 74.0 Å². The minimum Gasteiger partial charge on any atom is -0.508 e. The Kier molecular flexibility index (Phi) is 4.57. The Morgan fingerprint density at radius 1 is 1.25 bits per heavy atom. The van der Waals surface area contributed by atoms with Gasteiger partial charge >= 0.3 is 5.63 Å². The molecule has 1 saturated heterocycles. The molecule has 6 heteroatoms. The number of hydrogen-bond acceptors (Lipinski definition) is 5. The number of rotatable bonds is 3. The Bertz CT molecular complexity index is 820. The molecule has 0 saturated carbocycles. The highest BCUT2D eigenvalue weighted by molar-refractivity contribution is 5.82. The van der Waals surface area contributed by atoms with E-state index >= 15 is 0 Å². The van der Waals surface area contributed by atoms with E-state index in [2.05, 4.69) is 4.90 Å². The van der Waals surface area contributed by atoms with Crippen LogP contribution < -0.4 is 5.63 Å². The fraction of sp³-hybridized carbons (Fsp3) is 0.444. The molecule has 0 aliphatic carbocycles. The maximum Gasteiger partial charge on any atom is 0.339 e. The first-order valence-electron chi connectivity index (χ1n) is 8.17. The predicted octanol–water partition coefficient (Wildman–Crippen LogP) is 1.51. The van der Waals surface area contributed by atoms with Gasteiger partial charge in [-0.25, -0.2) is 4.79 Å². The van der Waals surface area contributed by atoms with Gasteiger partial charge in [0, 0.05) is 49.6 Å². The van der Waals surface area contributed by atoms with Gasteiger partial charge in [0.2, 0.25) is 5.91 Å². The zero-order chi connectivity index (χ0) is 17.3. The molecule has 0 radical (unpaired) electrons. The second-order valence-electron chi connectivity index (χ2n) is 6.36. The average Bonchev–Trinajstić information content (AvgIpc) is 2.54. The number of fused-ring (bicyclic) bond motifs is 1. The second-order valence-corrected chi connectivity index (χ2v) is 6.36. The Labute approximate surface area is 140 Å². The summed E-state index contributed by atoms with van der Waals surface area (Å²) in [6.07, 6.45) is 0.676. The van der Waals surface area contributed by atoms with Gasteiger partial charge in [0.1, 0.15) is 11.3 Å². The Morgan fingerprint density at radius 3 is 2.67 bits per heavy atom. The lowest BCUT2D eigenvalue weighted by atomic mass is 10.0. The van der Waals surface area contributed by atoms with Crippen molar-refractivity contribution >= 4 is 16.9 Å². The molecule has 2 aromatic rings. The highest BCUT2D eigenvalue weighted by Gasteiger charge is 2.20. The van der Waals surface area contributed by atoms with E-state index in [1.54, 1.807) is 12.1 Å². The van der Waals surface area contributed by atoms with Crippen LogP contribution in [0.1, 0.15) is 17.5 Å². The number of phenolic OH excluding ortho intramolecular Hbond substituents is 1. The summed E-state index contributed by atoms with van der Waals surface area (Å²) in [4.78, 5) is 28.6. The molecule has 1 aromatic heterocycles. The molecule has 1 amide bonds. The van der Waals surface area contributed by atoms with Crippen molar-refractivity contribution < 1.29 is 14.3 Å². The van der Waals surface area contributed by atoms with Crippen LogP contribution in [-0.4, -0.2) is 54.0 Å². The summed E-state index contributed by atoms with van der Waals surface area (Å²) in [5.74, 6) is 0.135. The van der Waals surface area contributed by atoms with Gasteiger partial charge in [-0.1, -0.05) is 0 Å². The Morgan fingerprint density at radius 2 is 1.96 bits per heavy atom. The van der Waals surface area contributed by atoms with Crippen molar-refractivity contribution in [3.63, 3.8) is 0 Å². The summed E-state index contributed by atoms with van der Waals surface area (Å²) < 4.78 is 5.30. The monoisotopic (exact) mass is 330 g/mol. The number of carbonyl (C=O) groups excluding carboxylic acids is 1. The molecule has 1 aromatic carbocycles. The highest BCUT2D eigenvalue weighted by atomic mass is 16.4. The number of aryl methyl sites for hydroxylation is 1. The molecule has 3 rings (SSSR count). The summed E-state index contributed by atoms with van der Waals surface area (Å²) in [6.45, 7) is 5.09. The van der Waals surface area contributed by atoms with Crippen LogP contribution in [0.5, 0.6) is 5.75 Å². The standard InChI is InChI=1S/C18H22N2O4/c1-12-14-4-3-13(21)11-16(14)24-18(23)15(12)5-6-17(22)20-9-7-19(2)8-10-20/h3-4,11,21H,5-10H2,1-2H3. The zero-order valence-electron chi connectivity index (χ0n) is 14.0. The van der Waals surface area contributed by atoms with Crippen molar-refractivity contribution in [3.8, 4) is 5.75 Å². The molecule has 0 unspecified atom stereocenters. The van der Waals surface area contributed by atoms with E-state index in [0.29, 0.717) is 24.0 Å². The van der Waals surface area contributed by atoms with Gasteiger partial charge in [-0.2, -0.15) is 0 Å². The normalized spacial score (nSPS) is 15.8. The van der Waals surface area contributed by atoms with Crippen LogP contribution in [0.3, 0.4) is 0 Å². The molecule has 1 aliphatic rings. The molecule has 1 N–H and O–H groups in total. The second kappa shape index (κ2) is 6.65. The number of amides is 1. The van der Waals surface area contributed by atoms with Crippen molar-refractivity contribution in [3.05, 3.63) is 39.7 Å². The first-order chi connectivity index (χ1) is 11.5. The van der Waals surface area contributed by atoms with Crippen molar-refractivity contribution in [1.29, 1.82) is 0 Å². The SMILES string of the molecule is Cc1c(CCC(=O)N2CCN(C)CC2)c(=O)oc2cc(O)ccc12. The molecule has 6 nitrogen and oxygen atoms in total. The molecule has 2 heterocycles. The smallest absolute Gasteiger partial charge is 0.339 e. The van der Waals surface area contributed by atoms with Crippen LogP contribution in [0.2, 0.25) is 0 Å². The van der Waals surface area contributed by atoms with Crippen LogP contribution in [0.15, 0.2) is 27.4 Å². The maximum absolute atomic E-state index is 12.4. The van der Waals surface area contributed by atoms with Gasteiger partial charge in [0.25, 0.3) is 0 Å². The number of piperazine rings is 1. The molecule has 1 aliphatic heterocycles. The van der Waals surface area contributed by atoms with Crippen molar-refractivity contribution in [2.24, 2.45) is 0 Å². The quantitative estimate of drug-likeness (QED) is 0.864. The van der Waals surface area contributed by atoms with E-state index in [9.17, 15) is 14.7 Å². The third-order valence-electron chi connectivity index (χ3n) is 4.72. The van der Waals surface area contributed by atoms with Crippen LogP contribution in [0.25, 0.3) is 11.0 Å². The zero-order valence-corrected chi connectivity index (χ0v) is 14.0. The van der Waals surface area contributed by atoms with Gasteiger partial charge in [0.05, 0.1) is 0 Å². The number of benzene rings is 1. The number of hydrogen-bond donors (Lipinski definition) is 1. The van der Waals surface area contributed by atoms with E-state index in [-0.39, 0.29) is 11.7 Å². The number of likely N-dealkylation sites (N-methyl/N-ethyl adjacent to an activating group) is 1. The van der Waals surface area contributed by atoms with Crippen molar-refractivity contribution in [1.82, 2.24) is 9.80 Å². The summed E-state index contributed by atoms with van der Waals surface area (Å²) in [5, 5.41) is 10.3. The van der Waals surface area contributed by atoms with Gasteiger partial charge in [-0.3, -0.25) is 4.79 Å². The summed E-state index contributed by atoms with van der Waals surface area (Å²) in [6, 6.07) is 4.73. The number of aromatic hydroxyl groups is 1. The van der Waals surface area contributed by atoms with Crippen molar-refractivity contribution in [2.45, 2.75) is 19.8 Å². The summed E-state index contributed by atoms with van der Waals surface area (Å²) >= 11 is 0. The van der Waals surface area contributed by atoms with Crippen LogP contribution in [0.4, 0.5) is 0 Å². The number of phenols is 1. The molecule has 0 spiro atoms. The predicted molar refractivity (Wildman–Crippen MR) is 91.3 cm³/mol. The molecule has 0 atom stereocenters. The molecular weight excluding hydrogens is 308 g/mol. The lowest BCUT2D eigenvalue weighted by molar-refractivity contribution is -0.132. The van der Waals surface area contributed by atoms with Gasteiger partial charge in [-0.05, 0) is 38.1 Å². The maximum atomic E-state index is 12.4. The molecule has 128 valence electrons.